The molecule has 196 valence electrons. The lowest BCUT2D eigenvalue weighted by atomic mass is 10.1. The molecule has 0 fully saturated rings. The molecule has 38 heavy (non-hydrogen) atoms. The van der Waals surface area contributed by atoms with E-state index in [1.165, 1.54) is 17.3 Å². The summed E-state index contributed by atoms with van der Waals surface area (Å²) in [6.07, 6.45) is 1.49. The number of thioether (sulfide) groups is 1. The van der Waals surface area contributed by atoms with Crippen molar-refractivity contribution in [1.82, 2.24) is 9.55 Å². The summed E-state index contributed by atoms with van der Waals surface area (Å²) >= 11 is 1.28. The number of nitrogens with zero attached hydrogens (tertiary/aromatic N) is 2. The molecular formula is C29H29N3O5S. The second kappa shape index (κ2) is 11.2. The Hall–Kier alpha value is -3.98. The number of aromatic nitrogens is 2. The first-order valence-electron chi connectivity index (χ1n) is 12.5. The van der Waals surface area contributed by atoms with Crippen LogP contribution in [0.5, 0.6) is 17.2 Å². The highest BCUT2D eigenvalue weighted by Crippen LogP contribution is 2.35. The molecule has 3 aromatic carbocycles. The van der Waals surface area contributed by atoms with Crippen LogP contribution in [0.15, 0.2) is 70.6 Å². The van der Waals surface area contributed by atoms with Crippen LogP contribution in [-0.2, 0) is 17.8 Å². The number of nitrogens with one attached hydrogen (secondary N) is 1. The number of carbonyl (C=O) groups is 1. The standard InChI is InChI=1S/C29H29N3O5S/c1-4-18-6-10-20(11-7-18)30-27(33)26(5-2)38-29-31-23-15-25-24(36-17-37-25)14-22(23)28(34)32(29)16-19-8-12-21(35-3)13-9-19/h6-15,26H,4-5,16-17H2,1-3H3,(H,30,33). The van der Waals surface area contributed by atoms with Crippen LogP contribution in [0.2, 0.25) is 0 Å². The van der Waals surface area contributed by atoms with Crippen LogP contribution < -0.4 is 25.1 Å². The number of hydrogen-bond donors (Lipinski definition) is 1. The van der Waals surface area contributed by atoms with Crippen molar-refractivity contribution < 1.29 is 19.0 Å². The number of carbonyl (C=O) groups excluding carboxylic acids is 1. The Kier molecular flexibility index (Phi) is 7.55. The molecule has 0 bridgehead atoms. The summed E-state index contributed by atoms with van der Waals surface area (Å²) in [7, 11) is 1.61. The zero-order valence-electron chi connectivity index (χ0n) is 21.5. The van der Waals surface area contributed by atoms with E-state index in [2.05, 4.69) is 12.2 Å². The van der Waals surface area contributed by atoms with Crippen molar-refractivity contribution in [2.45, 2.75) is 43.6 Å². The van der Waals surface area contributed by atoms with Gasteiger partial charge in [0, 0.05) is 11.8 Å². The highest BCUT2D eigenvalue weighted by molar-refractivity contribution is 8.00. The molecule has 1 amide bonds. The first kappa shape index (κ1) is 25.7. The highest BCUT2D eigenvalue weighted by atomic mass is 32.2. The van der Waals surface area contributed by atoms with Gasteiger partial charge in [0.15, 0.2) is 16.7 Å². The van der Waals surface area contributed by atoms with Crippen molar-refractivity contribution in [3.8, 4) is 17.2 Å². The molecule has 5 rings (SSSR count). The molecule has 0 radical (unpaired) electrons. The average Bonchev–Trinajstić information content (AvgIpc) is 3.41. The van der Waals surface area contributed by atoms with Crippen molar-refractivity contribution in [3.63, 3.8) is 0 Å². The van der Waals surface area contributed by atoms with Gasteiger partial charge < -0.3 is 19.5 Å². The Labute approximate surface area is 224 Å². The maximum absolute atomic E-state index is 13.8. The molecule has 1 unspecified atom stereocenters. The molecule has 0 saturated carbocycles. The van der Waals surface area contributed by atoms with Crippen LogP contribution in [0.25, 0.3) is 10.9 Å². The van der Waals surface area contributed by atoms with E-state index in [0.717, 1.165) is 23.4 Å². The Balaban J connectivity index is 1.50. The molecule has 2 heterocycles. The first-order valence-corrected chi connectivity index (χ1v) is 13.4. The molecule has 4 aromatic rings. The van der Waals surface area contributed by atoms with Gasteiger partial charge in [-0.2, -0.15) is 0 Å². The number of benzene rings is 3. The summed E-state index contributed by atoms with van der Waals surface area (Å²) in [6, 6.07) is 18.7. The predicted molar refractivity (Wildman–Crippen MR) is 149 cm³/mol. The minimum atomic E-state index is -0.457. The largest absolute Gasteiger partial charge is 0.497 e. The number of hydrogen-bond acceptors (Lipinski definition) is 7. The second-order valence-electron chi connectivity index (χ2n) is 8.91. The molecule has 0 spiro atoms. The zero-order valence-corrected chi connectivity index (χ0v) is 22.3. The summed E-state index contributed by atoms with van der Waals surface area (Å²) in [5, 5.41) is 3.44. The summed E-state index contributed by atoms with van der Waals surface area (Å²) in [6.45, 7) is 4.43. The zero-order chi connectivity index (χ0) is 26.6. The molecule has 9 heteroatoms. The van der Waals surface area contributed by atoms with Gasteiger partial charge in [0.1, 0.15) is 5.75 Å². The van der Waals surface area contributed by atoms with Crippen LogP contribution in [-0.4, -0.2) is 34.6 Å². The number of ether oxygens (including phenoxy) is 3. The van der Waals surface area contributed by atoms with E-state index < -0.39 is 5.25 Å². The van der Waals surface area contributed by atoms with E-state index in [1.807, 2.05) is 55.5 Å². The van der Waals surface area contributed by atoms with Crippen LogP contribution in [0.3, 0.4) is 0 Å². The van der Waals surface area contributed by atoms with Gasteiger partial charge in [0.05, 0.1) is 29.8 Å². The third-order valence-electron chi connectivity index (χ3n) is 6.45. The SMILES string of the molecule is CCc1ccc(NC(=O)C(CC)Sc2nc3cc4c(cc3c(=O)n2Cc2ccc(OC)cc2)OCO4)cc1. The second-order valence-corrected chi connectivity index (χ2v) is 10.1. The third kappa shape index (κ3) is 5.33. The number of rotatable bonds is 9. The lowest BCUT2D eigenvalue weighted by Crippen LogP contribution is -2.28. The number of fused-ring (bicyclic) bond motifs is 2. The van der Waals surface area contributed by atoms with Gasteiger partial charge in [0.2, 0.25) is 12.7 Å². The summed E-state index contributed by atoms with van der Waals surface area (Å²) < 4.78 is 17.9. The van der Waals surface area contributed by atoms with Gasteiger partial charge in [-0.15, -0.1) is 0 Å². The Morgan fingerprint density at radius 1 is 1.05 bits per heavy atom. The third-order valence-corrected chi connectivity index (χ3v) is 7.81. The summed E-state index contributed by atoms with van der Waals surface area (Å²) in [5.41, 5.74) is 3.13. The number of methoxy groups -OCH3 is 1. The minimum Gasteiger partial charge on any atom is -0.497 e. The summed E-state index contributed by atoms with van der Waals surface area (Å²) in [4.78, 5) is 31.8. The molecule has 0 aliphatic carbocycles. The molecule has 8 nitrogen and oxygen atoms in total. The minimum absolute atomic E-state index is 0.102. The highest BCUT2D eigenvalue weighted by Gasteiger charge is 2.24. The first-order chi connectivity index (χ1) is 18.5. The fourth-order valence-corrected chi connectivity index (χ4v) is 5.24. The lowest BCUT2D eigenvalue weighted by molar-refractivity contribution is -0.115. The fourth-order valence-electron chi connectivity index (χ4n) is 4.23. The molecule has 1 atom stereocenters. The maximum atomic E-state index is 13.8. The Bertz CT molecular complexity index is 1520. The van der Waals surface area contributed by atoms with Crippen LogP contribution in [0.1, 0.15) is 31.4 Å². The van der Waals surface area contributed by atoms with Gasteiger partial charge in [0.25, 0.3) is 5.56 Å². The quantitative estimate of drug-likeness (QED) is 0.233. The van der Waals surface area contributed by atoms with E-state index in [-0.39, 0.29) is 18.3 Å². The van der Waals surface area contributed by atoms with Gasteiger partial charge in [-0.3, -0.25) is 14.2 Å². The maximum Gasteiger partial charge on any atom is 0.262 e. The van der Waals surface area contributed by atoms with E-state index in [9.17, 15) is 9.59 Å². The molecule has 1 aromatic heterocycles. The van der Waals surface area contributed by atoms with Crippen LogP contribution >= 0.6 is 11.8 Å². The van der Waals surface area contributed by atoms with Gasteiger partial charge in [-0.05, 0) is 54.3 Å². The molecule has 1 N–H and O–H groups in total. The number of amides is 1. The molecule has 1 aliphatic heterocycles. The van der Waals surface area contributed by atoms with Crippen molar-refractivity contribution in [2.24, 2.45) is 0 Å². The van der Waals surface area contributed by atoms with Gasteiger partial charge in [-0.1, -0.05) is 49.9 Å². The molecular weight excluding hydrogens is 502 g/mol. The van der Waals surface area contributed by atoms with Crippen molar-refractivity contribution in [3.05, 3.63) is 82.1 Å². The van der Waals surface area contributed by atoms with Crippen LogP contribution in [0.4, 0.5) is 5.69 Å². The van der Waals surface area contributed by atoms with E-state index in [1.54, 1.807) is 23.8 Å². The van der Waals surface area contributed by atoms with Crippen LogP contribution in [0, 0.1) is 0 Å². The lowest BCUT2D eigenvalue weighted by Gasteiger charge is -2.18. The molecule has 1 aliphatic rings. The van der Waals surface area contributed by atoms with Crippen molar-refractivity contribution in [1.29, 1.82) is 0 Å². The van der Waals surface area contributed by atoms with E-state index >= 15 is 0 Å². The normalized spacial score (nSPS) is 12.9. The number of anilines is 1. The smallest absolute Gasteiger partial charge is 0.262 e. The molecule has 0 saturated heterocycles. The van der Waals surface area contributed by atoms with E-state index in [4.69, 9.17) is 19.2 Å². The monoisotopic (exact) mass is 531 g/mol. The summed E-state index contributed by atoms with van der Waals surface area (Å²) in [5.74, 6) is 1.66. The Morgan fingerprint density at radius 2 is 1.74 bits per heavy atom. The average molecular weight is 532 g/mol. The predicted octanol–water partition coefficient (Wildman–Crippen LogP) is 5.25. The number of aryl methyl sites for hydroxylation is 1. The fraction of sp³-hybridized carbons (Fsp3) is 0.276. The van der Waals surface area contributed by atoms with Gasteiger partial charge in [-0.25, -0.2) is 4.98 Å². The van der Waals surface area contributed by atoms with Crippen molar-refractivity contribution >= 4 is 34.3 Å². The van der Waals surface area contributed by atoms with E-state index in [0.29, 0.717) is 40.5 Å². The Morgan fingerprint density at radius 3 is 2.39 bits per heavy atom. The topological polar surface area (TPSA) is 91.7 Å². The van der Waals surface area contributed by atoms with Crippen molar-refractivity contribution in [2.75, 3.05) is 19.2 Å². The van der Waals surface area contributed by atoms with Gasteiger partial charge >= 0.3 is 0 Å².